The highest BCUT2D eigenvalue weighted by Gasteiger charge is 2.44. The maximum atomic E-state index is 12.4. The number of nitrogens with zero attached hydrogens (tertiary/aromatic N) is 4. The van der Waals surface area contributed by atoms with Gasteiger partial charge in [0.05, 0.1) is 17.5 Å². The number of benzene rings is 1. The van der Waals surface area contributed by atoms with E-state index >= 15 is 0 Å². The minimum atomic E-state index is -1.36. The van der Waals surface area contributed by atoms with Gasteiger partial charge in [0.1, 0.15) is 5.41 Å². The molecule has 0 aliphatic rings. The molecule has 0 aliphatic carbocycles. The maximum Gasteiger partial charge on any atom is 0.335 e. The quantitative estimate of drug-likeness (QED) is 0.477. The first kappa shape index (κ1) is 19.9. The van der Waals surface area contributed by atoms with Gasteiger partial charge in [-0.05, 0) is 23.6 Å². The van der Waals surface area contributed by atoms with Crippen LogP contribution in [0.1, 0.15) is 35.5 Å². The third-order valence-corrected chi connectivity index (χ3v) is 4.98. The second-order valence-electron chi connectivity index (χ2n) is 6.99. The van der Waals surface area contributed by atoms with Crippen LogP contribution < -0.4 is 11.5 Å². The van der Waals surface area contributed by atoms with Crippen molar-refractivity contribution < 1.29 is 19.8 Å². The van der Waals surface area contributed by atoms with Crippen LogP contribution in [-0.4, -0.2) is 42.1 Å². The van der Waals surface area contributed by atoms with Gasteiger partial charge >= 0.3 is 11.9 Å². The van der Waals surface area contributed by atoms with Crippen molar-refractivity contribution >= 4 is 34.9 Å². The van der Waals surface area contributed by atoms with E-state index in [1.807, 2.05) is 0 Å². The largest absolute Gasteiger partial charge is 0.481 e. The van der Waals surface area contributed by atoms with Crippen LogP contribution in [-0.2, 0) is 16.6 Å². The molecule has 0 aliphatic heterocycles. The lowest BCUT2D eigenvalue weighted by atomic mass is 9.68. The van der Waals surface area contributed by atoms with Gasteiger partial charge in [-0.3, -0.25) is 4.79 Å². The summed E-state index contributed by atoms with van der Waals surface area (Å²) in [6.45, 7) is 3.57. The molecule has 0 spiro atoms. The molecule has 3 aromatic rings. The SMILES string of the molecule is CC(C)C(Cc1cnc2nc(N)nc(N)c2n1)(C(=O)O)c1ccc(C(=O)O)cc1. The van der Waals surface area contributed by atoms with Crippen molar-refractivity contribution in [3.8, 4) is 0 Å². The Morgan fingerprint density at radius 2 is 1.72 bits per heavy atom. The van der Waals surface area contributed by atoms with Crippen molar-refractivity contribution in [2.45, 2.75) is 25.7 Å². The molecule has 6 N–H and O–H groups in total. The zero-order valence-electron chi connectivity index (χ0n) is 15.8. The topological polar surface area (TPSA) is 178 Å². The number of aromatic nitrogens is 4. The zero-order valence-corrected chi connectivity index (χ0v) is 15.8. The van der Waals surface area contributed by atoms with Gasteiger partial charge in [-0.25, -0.2) is 14.8 Å². The number of hydrogen-bond donors (Lipinski definition) is 4. The van der Waals surface area contributed by atoms with Gasteiger partial charge in [0, 0.05) is 6.42 Å². The number of hydrogen-bond acceptors (Lipinski definition) is 8. The molecule has 10 nitrogen and oxygen atoms in total. The first-order valence-corrected chi connectivity index (χ1v) is 8.77. The van der Waals surface area contributed by atoms with E-state index in [9.17, 15) is 14.7 Å². The molecule has 0 saturated carbocycles. The Morgan fingerprint density at radius 3 is 2.28 bits per heavy atom. The van der Waals surface area contributed by atoms with E-state index in [1.165, 1.54) is 30.5 Å². The Kier molecular flexibility index (Phi) is 5.02. The standard InChI is InChI=1S/C19H20N6O4/c1-9(2)19(17(28)29,11-5-3-10(4-6-11)16(26)27)7-12-8-22-15-13(23-12)14(20)24-18(21)25-15/h3-6,8-9H,7H2,1-2H3,(H,26,27)(H,28,29)(H4,20,21,22,24,25). The highest BCUT2D eigenvalue weighted by molar-refractivity contribution is 5.88. The van der Waals surface area contributed by atoms with Crippen LogP contribution in [0.15, 0.2) is 30.5 Å². The monoisotopic (exact) mass is 396 g/mol. The summed E-state index contributed by atoms with van der Waals surface area (Å²) in [5, 5.41) is 19.3. The summed E-state index contributed by atoms with van der Waals surface area (Å²) in [5.74, 6) is -2.46. The Hall–Kier alpha value is -3.82. The summed E-state index contributed by atoms with van der Waals surface area (Å²) < 4.78 is 0. The molecule has 0 bridgehead atoms. The zero-order chi connectivity index (χ0) is 21.3. The minimum absolute atomic E-state index is 0.0131. The van der Waals surface area contributed by atoms with E-state index in [4.69, 9.17) is 16.6 Å². The summed E-state index contributed by atoms with van der Waals surface area (Å²) in [5.41, 5.74) is 11.4. The van der Waals surface area contributed by atoms with Crippen LogP contribution in [0.2, 0.25) is 0 Å². The van der Waals surface area contributed by atoms with E-state index in [-0.39, 0.29) is 40.8 Å². The van der Waals surface area contributed by atoms with E-state index in [0.29, 0.717) is 11.3 Å². The molecule has 10 heteroatoms. The van der Waals surface area contributed by atoms with E-state index < -0.39 is 17.4 Å². The smallest absolute Gasteiger partial charge is 0.335 e. The average Bonchev–Trinajstić information content (AvgIpc) is 2.66. The van der Waals surface area contributed by atoms with Gasteiger partial charge in [0.15, 0.2) is 17.0 Å². The van der Waals surface area contributed by atoms with E-state index in [1.54, 1.807) is 13.8 Å². The van der Waals surface area contributed by atoms with Gasteiger partial charge in [-0.15, -0.1) is 0 Å². The summed E-state index contributed by atoms with van der Waals surface area (Å²) in [4.78, 5) is 40.0. The molecule has 1 atom stereocenters. The Bertz CT molecular complexity index is 1100. The molecule has 0 amide bonds. The first-order valence-electron chi connectivity index (χ1n) is 8.77. The highest BCUT2D eigenvalue weighted by atomic mass is 16.4. The number of carboxylic acids is 2. The summed E-state index contributed by atoms with van der Waals surface area (Å²) >= 11 is 0. The van der Waals surface area contributed by atoms with E-state index in [0.717, 1.165) is 0 Å². The van der Waals surface area contributed by atoms with Gasteiger partial charge in [-0.1, -0.05) is 26.0 Å². The molecule has 2 aromatic heterocycles. The fourth-order valence-corrected chi connectivity index (χ4v) is 3.35. The van der Waals surface area contributed by atoms with Crippen molar-refractivity contribution in [2.75, 3.05) is 11.5 Å². The number of carbonyl (C=O) groups is 2. The molecule has 1 unspecified atom stereocenters. The van der Waals surface area contributed by atoms with Crippen molar-refractivity contribution in [2.24, 2.45) is 5.92 Å². The van der Waals surface area contributed by atoms with Crippen LogP contribution in [0, 0.1) is 5.92 Å². The molecular weight excluding hydrogens is 376 g/mol. The Labute approximate surface area is 165 Å². The second-order valence-corrected chi connectivity index (χ2v) is 6.99. The van der Waals surface area contributed by atoms with Crippen LogP contribution >= 0.6 is 0 Å². The number of nitrogen functional groups attached to an aromatic ring is 2. The lowest BCUT2D eigenvalue weighted by molar-refractivity contribution is -0.145. The van der Waals surface area contributed by atoms with Gasteiger partial charge in [-0.2, -0.15) is 9.97 Å². The lowest BCUT2D eigenvalue weighted by Crippen LogP contribution is -2.43. The molecule has 29 heavy (non-hydrogen) atoms. The Morgan fingerprint density at radius 1 is 1.07 bits per heavy atom. The molecule has 0 saturated heterocycles. The number of rotatable bonds is 6. The Balaban J connectivity index is 2.12. The number of carboxylic acid groups (broad SMARTS) is 2. The molecule has 3 rings (SSSR count). The van der Waals surface area contributed by atoms with Crippen molar-refractivity contribution in [1.82, 2.24) is 19.9 Å². The van der Waals surface area contributed by atoms with Gasteiger partial charge in [0.25, 0.3) is 0 Å². The number of aliphatic carboxylic acids is 1. The third kappa shape index (κ3) is 3.51. The molecule has 0 radical (unpaired) electrons. The predicted molar refractivity (Wildman–Crippen MR) is 105 cm³/mol. The predicted octanol–water partition coefficient (Wildman–Crippen LogP) is 1.50. The molecular formula is C19H20N6O4. The number of anilines is 2. The van der Waals surface area contributed by atoms with Gasteiger partial charge < -0.3 is 21.7 Å². The van der Waals surface area contributed by atoms with Gasteiger partial charge in [0.2, 0.25) is 5.95 Å². The minimum Gasteiger partial charge on any atom is -0.481 e. The second kappa shape index (κ2) is 7.30. The van der Waals surface area contributed by atoms with Crippen molar-refractivity contribution in [3.05, 3.63) is 47.3 Å². The number of aromatic carboxylic acids is 1. The lowest BCUT2D eigenvalue weighted by Gasteiger charge is -2.34. The molecule has 0 fully saturated rings. The van der Waals surface area contributed by atoms with E-state index in [2.05, 4.69) is 19.9 Å². The average molecular weight is 396 g/mol. The summed E-state index contributed by atoms with van der Waals surface area (Å²) in [6.07, 6.45) is 1.44. The molecule has 150 valence electrons. The van der Waals surface area contributed by atoms with Crippen LogP contribution in [0.5, 0.6) is 0 Å². The normalized spacial score (nSPS) is 13.3. The summed E-state index contributed by atoms with van der Waals surface area (Å²) in [6, 6.07) is 5.81. The van der Waals surface area contributed by atoms with Crippen molar-refractivity contribution in [1.29, 1.82) is 0 Å². The van der Waals surface area contributed by atoms with Crippen LogP contribution in [0.25, 0.3) is 11.2 Å². The number of nitrogens with two attached hydrogens (primary N) is 2. The first-order chi connectivity index (χ1) is 13.6. The third-order valence-electron chi connectivity index (χ3n) is 4.98. The molecule has 2 heterocycles. The number of fused-ring (bicyclic) bond motifs is 1. The van der Waals surface area contributed by atoms with Crippen LogP contribution in [0.3, 0.4) is 0 Å². The molecule has 1 aromatic carbocycles. The van der Waals surface area contributed by atoms with Crippen LogP contribution in [0.4, 0.5) is 11.8 Å². The fraction of sp³-hybridized carbons (Fsp3) is 0.263. The van der Waals surface area contributed by atoms with Crippen molar-refractivity contribution in [3.63, 3.8) is 0 Å². The fourth-order valence-electron chi connectivity index (χ4n) is 3.35. The summed E-state index contributed by atoms with van der Waals surface area (Å²) in [7, 11) is 0. The highest BCUT2D eigenvalue weighted by Crippen LogP contribution is 2.36. The maximum absolute atomic E-state index is 12.4.